The number of nitrogens with one attached hydrogen (secondary N) is 2. The Balaban J connectivity index is 1.43. The molecule has 4 rings (SSSR count). The minimum Gasteiger partial charge on any atom is -0.491 e. The van der Waals surface area contributed by atoms with Crippen LogP contribution < -0.4 is 15.4 Å². The molecule has 2 aromatic heterocycles. The third-order valence-electron chi connectivity index (χ3n) is 4.39. The van der Waals surface area contributed by atoms with E-state index < -0.39 is 0 Å². The molecule has 0 unspecified atom stereocenters. The smallest absolute Gasteiger partial charge is 0.260 e. The van der Waals surface area contributed by atoms with Crippen molar-refractivity contribution in [2.45, 2.75) is 19.5 Å². The molecule has 1 aliphatic heterocycles. The van der Waals surface area contributed by atoms with Gasteiger partial charge in [-0.3, -0.25) is 14.5 Å². The fourth-order valence-corrected chi connectivity index (χ4v) is 3.03. The first kappa shape index (κ1) is 17.2. The van der Waals surface area contributed by atoms with Gasteiger partial charge in [-0.15, -0.1) is 0 Å². The van der Waals surface area contributed by atoms with Crippen LogP contribution in [0.1, 0.15) is 21.6 Å². The maximum atomic E-state index is 12.7. The third-order valence-corrected chi connectivity index (χ3v) is 4.39. The van der Waals surface area contributed by atoms with Crippen molar-refractivity contribution in [2.75, 3.05) is 18.5 Å². The van der Waals surface area contributed by atoms with Crippen LogP contribution in [-0.4, -0.2) is 33.8 Å². The summed E-state index contributed by atoms with van der Waals surface area (Å²) in [6.45, 7) is 2.69. The summed E-state index contributed by atoms with van der Waals surface area (Å²) < 4.78 is 7.58. The van der Waals surface area contributed by atoms with Gasteiger partial charge in [0.15, 0.2) is 5.82 Å². The van der Waals surface area contributed by atoms with E-state index in [0.29, 0.717) is 36.8 Å². The van der Waals surface area contributed by atoms with Gasteiger partial charge in [0.05, 0.1) is 5.56 Å². The maximum absolute atomic E-state index is 12.7. The number of rotatable bonds is 5. The Morgan fingerprint density at radius 3 is 3.07 bits per heavy atom. The fourth-order valence-electron chi connectivity index (χ4n) is 3.03. The van der Waals surface area contributed by atoms with Crippen LogP contribution in [0, 0.1) is 0 Å². The first-order valence-electron chi connectivity index (χ1n) is 9.00. The van der Waals surface area contributed by atoms with Crippen molar-refractivity contribution in [3.8, 4) is 5.75 Å². The van der Waals surface area contributed by atoms with Gasteiger partial charge < -0.3 is 15.4 Å². The third kappa shape index (κ3) is 4.15. The molecule has 3 heterocycles. The Bertz CT molecular complexity index is 923. The second-order valence-electron chi connectivity index (χ2n) is 6.31. The predicted molar refractivity (Wildman–Crippen MR) is 102 cm³/mol. The molecule has 7 nitrogen and oxygen atoms in total. The average Bonchev–Trinajstić information content (AvgIpc) is 3.00. The van der Waals surface area contributed by atoms with Crippen molar-refractivity contribution >= 4 is 11.7 Å². The van der Waals surface area contributed by atoms with E-state index in [9.17, 15) is 4.79 Å². The molecule has 0 radical (unpaired) electrons. The van der Waals surface area contributed by atoms with E-state index in [-0.39, 0.29) is 5.91 Å². The molecule has 0 fully saturated rings. The van der Waals surface area contributed by atoms with Crippen molar-refractivity contribution in [3.05, 3.63) is 71.7 Å². The Morgan fingerprint density at radius 1 is 1.22 bits per heavy atom. The minimum absolute atomic E-state index is 0.219. The van der Waals surface area contributed by atoms with Crippen LogP contribution in [0.15, 0.2) is 54.9 Å². The lowest BCUT2D eigenvalue weighted by molar-refractivity contribution is 0.102. The lowest BCUT2D eigenvalue weighted by Crippen LogP contribution is -2.16. The van der Waals surface area contributed by atoms with Crippen LogP contribution >= 0.6 is 0 Å². The SMILES string of the molecule is O=C(Nc1ccn(CCc2ccccn2)n1)c1cccc2c1OCCNC2. The number of carbonyl (C=O) groups is 1. The molecule has 0 atom stereocenters. The Labute approximate surface area is 157 Å². The summed E-state index contributed by atoms with van der Waals surface area (Å²) in [5.74, 6) is 0.948. The fraction of sp³-hybridized carbons (Fsp3) is 0.250. The number of aromatic nitrogens is 3. The summed E-state index contributed by atoms with van der Waals surface area (Å²) in [5.41, 5.74) is 2.52. The molecule has 1 aromatic carbocycles. The van der Waals surface area contributed by atoms with Crippen molar-refractivity contribution in [3.63, 3.8) is 0 Å². The van der Waals surface area contributed by atoms with Gasteiger partial charge in [-0.25, -0.2) is 0 Å². The van der Waals surface area contributed by atoms with Gasteiger partial charge >= 0.3 is 0 Å². The Hall–Kier alpha value is -3.19. The zero-order chi connectivity index (χ0) is 18.5. The van der Waals surface area contributed by atoms with E-state index in [2.05, 4.69) is 20.7 Å². The Kier molecular flexibility index (Phi) is 5.11. The van der Waals surface area contributed by atoms with E-state index in [1.807, 2.05) is 36.5 Å². The molecule has 0 spiro atoms. The summed E-state index contributed by atoms with van der Waals surface area (Å²) in [6, 6.07) is 13.3. The molecule has 2 N–H and O–H groups in total. The normalized spacial score (nSPS) is 13.3. The summed E-state index contributed by atoms with van der Waals surface area (Å²) >= 11 is 0. The van der Waals surface area contributed by atoms with Gasteiger partial charge in [0.2, 0.25) is 0 Å². The number of aryl methyl sites for hydroxylation is 2. The van der Waals surface area contributed by atoms with Crippen LogP contribution in [-0.2, 0) is 19.5 Å². The first-order chi connectivity index (χ1) is 13.3. The second kappa shape index (κ2) is 8.01. The van der Waals surface area contributed by atoms with Crippen LogP contribution in [0.25, 0.3) is 0 Å². The molecule has 0 aliphatic carbocycles. The molecule has 0 bridgehead atoms. The van der Waals surface area contributed by atoms with Crippen LogP contribution in [0.5, 0.6) is 5.75 Å². The first-order valence-corrected chi connectivity index (χ1v) is 9.00. The van der Waals surface area contributed by atoms with Crippen molar-refractivity contribution in [1.82, 2.24) is 20.1 Å². The van der Waals surface area contributed by atoms with Crippen LogP contribution in [0.3, 0.4) is 0 Å². The van der Waals surface area contributed by atoms with E-state index >= 15 is 0 Å². The molecule has 7 heteroatoms. The number of hydrogen-bond donors (Lipinski definition) is 2. The number of benzene rings is 1. The van der Waals surface area contributed by atoms with Crippen LogP contribution in [0.4, 0.5) is 5.82 Å². The number of ether oxygens (including phenoxy) is 1. The summed E-state index contributed by atoms with van der Waals surface area (Å²) in [7, 11) is 0. The molecule has 0 saturated carbocycles. The zero-order valence-electron chi connectivity index (χ0n) is 14.9. The number of fused-ring (bicyclic) bond motifs is 1. The molecular weight excluding hydrogens is 342 g/mol. The van der Waals surface area contributed by atoms with E-state index in [1.54, 1.807) is 23.0 Å². The zero-order valence-corrected chi connectivity index (χ0v) is 14.9. The highest BCUT2D eigenvalue weighted by atomic mass is 16.5. The minimum atomic E-state index is -0.219. The number of carbonyl (C=O) groups excluding carboxylic acids is 1. The van der Waals surface area contributed by atoms with Gasteiger partial charge in [0, 0.05) is 55.8 Å². The van der Waals surface area contributed by atoms with Crippen LogP contribution in [0.2, 0.25) is 0 Å². The van der Waals surface area contributed by atoms with Gasteiger partial charge in [0.25, 0.3) is 5.91 Å². The molecular formula is C20H21N5O2. The van der Waals surface area contributed by atoms with E-state index in [4.69, 9.17) is 4.74 Å². The standard InChI is InChI=1S/C20H21N5O2/c26-20(17-6-3-4-15-14-21-10-13-27-19(15)17)23-18-8-12-25(24-18)11-7-16-5-1-2-9-22-16/h1-6,8-9,12,21H,7,10-11,13-14H2,(H,23,24,26). The van der Waals surface area contributed by atoms with Gasteiger partial charge in [-0.1, -0.05) is 18.2 Å². The van der Waals surface area contributed by atoms with E-state index in [1.165, 1.54) is 0 Å². The highest BCUT2D eigenvalue weighted by molar-refractivity contribution is 6.06. The molecule has 138 valence electrons. The summed E-state index contributed by atoms with van der Waals surface area (Å²) in [5, 5.41) is 10.6. The number of amides is 1. The number of hydrogen-bond acceptors (Lipinski definition) is 5. The summed E-state index contributed by atoms with van der Waals surface area (Å²) in [4.78, 5) is 17.0. The molecule has 0 saturated heterocycles. The summed E-state index contributed by atoms with van der Waals surface area (Å²) in [6.07, 6.45) is 4.41. The topological polar surface area (TPSA) is 81.1 Å². The second-order valence-corrected chi connectivity index (χ2v) is 6.31. The lowest BCUT2D eigenvalue weighted by Gasteiger charge is -2.11. The predicted octanol–water partition coefficient (Wildman–Crippen LogP) is 2.26. The van der Waals surface area contributed by atoms with Crippen molar-refractivity contribution in [2.24, 2.45) is 0 Å². The Morgan fingerprint density at radius 2 is 2.19 bits per heavy atom. The molecule has 1 aliphatic rings. The highest BCUT2D eigenvalue weighted by Crippen LogP contribution is 2.26. The van der Waals surface area contributed by atoms with Crippen molar-refractivity contribution < 1.29 is 9.53 Å². The molecule has 1 amide bonds. The number of anilines is 1. The number of pyridine rings is 1. The number of nitrogens with zero attached hydrogens (tertiary/aromatic N) is 3. The number of para-hydroxylation sites is 1. The van der Waals surface area contributed by atoms with Crippen molar-refractivity contribution in [1.29, 1.82) is 0 Å². The lowest BCUT2D eigenvalue weighted by atomic mass is 10.1. The quantitative estimate of drug-likeness (QED) is 0.727. The highest BCUT2D eigenvalue weighted by Gasteiger charge is 2.18. The van der Waals surface area contributed by atoms with E-state index in [0.717, 1.165) is 24.2 Å². The molecule has 27 heavy (non-hydrogen) atoms. The van der Waals surface area contributed by atoms with Gasteiger partial charge in [-0.2, -0.15) is 5.10 Å². The maximum Gasteiger partial charge on any atom is 0.260 e. The largest absolute Gasteiger partial charge is 0.491 e. The average molecular weight is 363 g/mol. The monoisotopic (exact) mass is 363 g/mol. The van der Waals surface area contributed by atoms with Gasteiger partial charge in [-0.05, 0) is 18.2 Å². The molecule has 3 aromatic rings. The van der Waals surface area contributed by atoms with Gasteiger partial charge in [0.1, 0.15) is 12.4 Å².